The van der Waals surface area contributed by atoms with Crippen molar-refractivity contribution < 1.29 is 8.42 Å². The molecule has 108 valence electrons. The second kappa shape index (κ2) is 5.85. The van der Waals surface area contributed by atoms with E-state index in [4.69, 9.17) is 5.73 Å². The summed E-state index contributed by atoms with van der Waals surface area (Å²) >= 11 is 4.74. The van der Waals surface area contributed by atoms with Crippen molar-refractivity contribution in [2.75, 3.05) is 4.72 Å². The molecule has 0 atom stereocenters. The van der Waals surface area contributed by atoms with Gasteiger partial charge in [0.05, 0.1) is 5.69 Å². The van der Waals surface area contributed by atoms with Gasteiger partial charge in [0, 0.05) is 15.9 Å². The number of nitrogens with two attached hydrogens (primary N) is 1. The normalized spacial score (nSPS) is 11.6. The van der Waals surface area contributed by atoms with Crippen LogP contribution in [-0.4, -0.2) is 8.42 Å². The van der Waals surface area contributed by atoms with Crippen LogP contribution in [-0.2, 0) is 16.6 Å². The van der Waals surface area contributed by atoms with E-state index in [9.17, 15) is 8.42 Å². The molecule has 0 saturated carbocycles. The third kappa shape index (κ3) is 3.06. The largest absolute Gasteiger partial charge is 0.326 e. The molecule has 0 fully saturated rings. The van der Waals surface area contributed by atoms with Crippen LogP contribution in [0.25, 0.3) is 0 Å². The summed E-state index contributed by atoms with van der Waals surface area (Å²) in [6.07, 6.45) is 0. The minimum Gasteiger partial charge on any atom is -0.326 e. The molecule has 0 radical (unpaired) electrons. The first-order valence-electron chi connectivity index (χ1n) is 5.91. The molecule has 0 aliphatic rings. The Balaban J connectivity index is 2.44. The standard InChI is InChI=1S/C13H15BrN2O2S2/c1-8-5-10(14)6-9(2)13(8)16-20(17,18)12-3-4-19-11(12)7-15/h3-6,16H,7,15H2,1-2H3. The van der Waals surface area contributed by atoms with Crippen molar-refractivity contribution >= 4 is 43.0 Å². The molecule has 20 heavy (non-hydrogen) atoms. The van der Waals surface area contributed by atoms with Crippen LogP contribution >= 0.6 is 27.3 Å². The van der Waals surface area contributed by atoms with Gasteiger partial charge in [-0.1, -0.05) is 15.9 Å². The van der Waals surface area contributed by atoms with Gasteiger partial charge in [-0.3, -0.25) is 4.72 Å². The highest BCUT2D eigenvalue weighted by Crippen LogP contribution is 2.29. The van der Waals surface area contributed by atoms with Crippen LogP contribution in [0.3, 0.4) is 0 Å². The Morgan fingerprint density at radius 2 is 1.90 bits per heavy atom. The number of halogens is 1. The van der Waals surface area contributed by atoms with Crippen molar-refractivity contribution in [2.45, 2.75) is 25.3 Å². The van der Waals surface area contributed by atoms with Crippen LogP contribution in [0.4, 0.5) is 5.69 Å². The van der Waals surface area contributed by atoms with Gasteiger partial charge in [0.2, 0.25) is 0 Å². The van der Waals surface area contributed by atoms with Crippen molar-refractivity contribution in [2.24, 2.45) is 5.73 Å². The number of hydrogen-bond acceptors (Lipinski definition) is 4. The van der Waals surface area contributed by atoms with Gasteiger partial charge >= 0.3 is 0 Å². The van der Waals surface area contributed by atoms with Crippen LogP contribution in [0.5, 0.6) is 0 Å². The Labute approximate surface area is 131 Å². The summed E-state index contributed by atoms with van der Waals surface area (Å²) in [6, 6.07) is 5.34. The lowest BCUT2D eigenvalue weighted by molar-refractivity contribution is 0.600. The third-order valence-corrected chi connectivity index (χ3v) is 5.88. The third-order valence-electron chi connectivity index (χ3n) is 2.91. The number of benzene rings is 1. The molecule has 2 rings (SSSR count). The molecular weight excluding hydrogens is 360 g/mol. The summed E-state index contributed by atoms with van der Waals surface area (Å²) in [4.78, 5) is 0.914. The number of sulfonamides is 1. The number of aryl methyl sites for hydroxylation is 2. The minimum atomic E-state index is -3.61. The van der Waals surface area contributed by atoms with E-state index >= 15 is 0 Å². The van der Waals surface area contributed by atoms with E-state index in [1.54, 1.807) is 11.4 Å². The SMILES string of the molecule is Cc1cc(Br)cc(C)c1NS(=O)(=O)c1ccsc1CN. The van der Waals surface area contributed by atoms with E-state index in [1.807, 2.05) is 26.0 Å². The number of nitrogens with one attached hydrogen (secondary N) is 1. The van der Waals surface area contributed by atoms with Crippen molar-refractivity contribution in [3.8, 4) is 0 Å². The Kier molecular flexibility index (Phi) is 4.53. The Hall–Kier alpha value is -0.890. The molecule has 1 aromatic carbocycles. The molecule has 0 aliphatic carbocycles. The van der Waals surface area contributed by atoms with Gasteiger partial charge in [-0.05, 0) is 48.6 Å². The lowest BCUT2D eigenvalue weighted by Gasteiger charge is -2.14. The molecule has 0 spiro atoms. The average Bonchev–Trinajstić information content (AvgIpc) is 2.83. The highest BCUT2D eigenvalue weighted by Gasteiger charge is 2.20. The van der Waals surface area contributed by atoms with Crippen molar-refractivity contribution in [3.05, 3.63) is 44.1 Å². The van der Waals surface area contributed by atoms with Gasteiger partial charge in [-0.15, -0.1) is 11.3 Å². The highest BCUT2D eigenvalue weighted by molar-refractivity contribution is 9.10. The molecule has 0 amide bonds. The molecule has 4 nitrogen and oxygen atoms in total. The predicted molar refractivity (Wildman–Crippen MR) is 86.6 cm³/mol. The average molecular weight is 375 g/mol. The lowest BCUT2D eigenvalue weighted by Crippen LogP contribution is -2.16. The molecule has 0 saturated heterocycles. The summed E-state index contributed by atoms with van der Waals surface area (Å²) in [7, 11) is -3.61. The van der Waals surface area contributed by atoms with Gasteiger partial charge < -0.3 is 5.73 Å². The van der Waals surface area contributed by atoms with Crippen molar-refractivity contribution in [1.29, 1.82) is 0 Å². The van der Waals surface area contributed by atoms with Gasteiger partial charge in [-0.25, -0.2) is 8.42 Å². The zero-order valence-electron chi connectivity index (χ0n) is 11.1. The van der Waals surface area contributed by atoms with Gasteiger partial charge in [0.15, 0.2) is 0 Å². The Morgan fingerprint density at radius 3 is 2.45 bits per heavy atom. The topological polar surface area (TPSA) is 72.2 Å². The van der Waals surface area contributed by atoms with Gasteiger partial charge in [-0.2, -0.15) is 0 Å². The number of hydrogen-bond donors (Lipinski definition) is 2. The van der Waals surface area contributed by atoms with Crippen LogP contribution in [0.2, 0.25) is 0 Å². The van der Waals surface area contributed by atoms with Crippen LogP contribution in [0.1, 0.15) is 16.0 Å². The second-order valence-corrected chi connectivity index (χ2v) is 8.00. The first-order valence-corrected chi connectivity index (χ1v) is 9.06. The fourth-order valence-corrected chi connectivity index (χ4v) is 5.20. The Morgan fingerprint density at radius 1 is 1.30 bits per heavy atom. The van der Waals surface area contributed by atoms with Crippen LogP contribution in [0, 0.1) is 13.8 Å². The Bertz CT molecular complexity index is 716. The lowest BCUT2D eigenvalue weighted by atomic mass is 10.1. The molecule has 1 heterocycles. The first kappa shape index (κ1) is 15.5. The van der Waals surface area contributed by atoms with Crippen LogP contribution < -0.4 is 10.5 Å². The molecule has 2 aromatic rings. The van der Waals surface area contributed by atoms with E-state index < -0.39 is 10.0 Å². The van der Waals surface area contributed by atoms with E-state index in [2.05, 4.69) is 20.7 Å². The minimum absolute atomic E-state index is 0.214. The molecule has 7 heteroatoms. The summed E-state index contributed by atoms with van der Waals surface area (Å²) in [5, 5.41) is 1.73. The monoisotopic (exact) mass is 374 g/mol. The quantitative estimate of drug-likeness (QED) is 0.861. The highest BCUT2D eigenvalue weighted by atomic mass is 79.9. The smallest absolute Gasteiger partial charge is 0.263 e. The van der Waals surface area contributed by atoms with Gasteiger partial charge in [0.25, 0.3) is 10.0 Å². The number of rotatable bonds is 4. The van der Waals surface area contributed by atoms with E-state index in [-0.39, 0.29) is 11.4 Å². The van der Waals surface area contributed by atoms with E-state index in [0.717, 1.165) is 15.6 Å². The van der Waals surface area contributed by atoms with Crippen molar-refractivity contribution in [1.82, 2.24) is 0 Å². The molecule has 3 N–H and O–H groups in total. The molecular formula is C13H15BrN2O2S2. The number of thiophene rings is 1. The molecule has 0 aliphatic heterocycles. The summed E-state index contributed by atoms with van der Waals surface area (Å²) in [6.45, 7) is 3.95. The summed E-state index contributed by atoms with van der Waals surface area (Å²) in [5.41, 5.74) is 7.92. The molecule has 0 unspecified atom stereocenters. The maximum absolute atomic E-state index is 12.5. The fourth-order valence-electron chi connectivity index (χ4n) is 1.98. The van der Waals surface area contributed by atoms with Crippen molar-refractivity contribution in [3.63, 3.8) is 0 Å². The second-order valence-electron chi connectivity index (χ2n) is 4.43. The first-order chi connectivity index (χ1) is 9.35. The molecule has 1 aromatic heterocycles. The van der Waals surface area contributed by atoms with Crippen LogP contribution in [0.15, 0.2) is 32.9 Å². The number of anilines is 1. The summed E-state index contributed by atoms with van der Waals surface area (Å²) < 4.78 is 28.5. The zero-order chi connectivity index (χ0) is 14.9. The predicted octanol–water partition coefficient (Wildman–Crippen LogP) is 3.39. The van der Waals surface area contributed by atoms with E-state index in [1.165, 1.54) is 11.3 Å². The molecule has 0 bridgehead atoms. The van der Waals surface area contributed by atoms with Gasteiger partial charge in [0.1, 0.15) is 4.90 Å². The maximum Gasteiger partial charge on any atom is 0.263 e. The fraction of sp³-hybridized carbons (Fsp3) is 0.231. The maximum atomic E-state index is 12.5. The zero-order valence-corrected chi connectivity index (χ0v) is 14.3. The summed E-state index contributed by atoms with van der Waals surface area (Å²) in [5.74, 6) is 0. The van der Waals surface area contributed by atoms with E-state index in [0.29, 0.717) is 10.6 Å².